The molecule has 8 heteroatoms. The third-order valence-corrected chi connectivity index (χ3v) is 3.82. The summed E-state index contributed by atoms with van der Waals surface area (Å²) >= 11 is 5.78. The summed E-state index contributed by atoms with van der Waals surface area (Å²) in [4.78, 5) is 23.7. The molecule has 142 valence electrons. The van der Waals surface area contributed by atoms with Gasteiger partial charge in [0.1, 0.15) is 0 Å². The highest BCUT2D eigenvalue weighted by atomic mass is 35.5. The highest BCUT2D eigenvalue weighted by Gasteiger charge is 2.14. The van der Waals surface area contributed by atoms with Gasteiger partial charge in [-0.25, -0.2) is 0 Å². The molecule has 1 amide bonds. The Morgan fingerprint density at radius 1 is 1.00 bits per heavy atom. The van der Waals surface area contributed by atoms with Gasteiger partial charge in [0, 0.05) is 10.6 Å². The molecule has 0 bridgehead atoms. The molecule has 2 rings (SSSR count). The fourth-order valence-corrected chi connectivity index (χ4v) is 2.42. The van der Waals surface area contributed by atoms with Crippen molar-refractivity contribution in [2.75, 3.05) is 21.3 Å². The van der Waals surface area contributed by atoms with E-state index in [2.05, 4.69) is 5.32 Å². The van der Waals surface area contributed by atoms with Gasteiger partial charge in [0.25, 0.3) is 5.91 Å². The van der Waals surface area contributed by atoms with Gasteiger partial charge in [0.2, 0.25) is 5.75 Å². The van der Waals surface area contributed by atoms with Crippen molar-refractivity contribution in [2.45, 2.75) is 0 Å². The number of benzene rings is 2. The molecule has 27 heavy (non-hydrogen) atoms. The van der Waals surface area contributed by atoms with Gasteiger partial charge >= 0.3 is 0 Å². The third-order valence-electron chi connectivity index (χ3n) is 3.57. The first kappa shape index (κ1) is 20.1. The topological polar surface area (TPSA) is 96.9 Å². The molecule has 0 unspecified atom stereocenters. The van der Waals surface area contributed by atoms with Crippen LogP contribution in [0.25, 0.3) is 6.08 Å². The number of methoxy groups -OCH3 is 3. The second-order valence-electron chi connectivity index (χ2n) is 5.27. The fraction of sp³-hybridized carbons (Fsp3) is 0.158. The summed E-state index contributed by atoms with van der Waals surface area (Å²) in [6, 6.07) is 9.08. The summed E-state index contributed by atoms with van der Waals surface area (Å²) in [7, 11) is 4.33. The van der Waals surface area contributed by atoms with Gasteiger partial charge in [-0.2, -0.15) is 0 Å². The van der Waals surface area contributed by atoms with Gasteiger partial charge in [0.15, 0.2) is 11.5 Å². The molecule has 2 aromatic carbocycles. The number of ether oxygens (including phenoxy) is 3. The lowest BCUT2D eigenvalue weighted by atomic mass is 10.1. The third kappa shape index (κ3) is 4.92. The number of hydrogen-bond donors (Lipinski definition) is 1. The van der Waals surface area contributed by atoms with Gasteiger partial charge in [-0.3, -0.25) is 4.79 Å². The van der Waals surface area contributed by atoms with Crippen LogP contribution >= 0.6 is 11.6 Å². The molecule has 0 heterocycles. The molecule has 0 aliphatic heterocycles. The quantitative estimate of drug-likeness (QED) is 0.725. The number of carboxylic acids is 1. The number of hydrogen-bond acceptors (Lipinski definition) is 6. The SMILES string of the molecule is COc1cc(/C=C(/NC(=O)c2ccc(Cl)cc2)C(=O)[O-])cc(OC)c1OC. The largest absolute Gasteiger partial charge is 0.543 e. The minimum Gasteiger partial charge on any atom is -0.543 e. The standard InChI is InChI=1S/C19H18ClNO6/c1-25-15-9-11(10-16(26-2)17(15)27-3)8-14(19(23)24)21-18(22)12-4-6-13(20)7-5-12/h4-10H,1-3H3,(H,21,22)(H,23,24)/p-1/b14-8+. The highest BCUT2D eigenvalue weighted by molar-refractivity contribution is 6.30. The first-order valence-electron chi connectivity index (χ1n) is 7.69. The Morgan fingerprint density at radius 3 is 2.00 bits per heavy atom. The molecule has 0 saturated carbocycles. The second kappa shape index (κ2) is 8.95. The normalized spacial score (nSPS) is 10.9. The van der Waals surface area contributed by atoms with Crippen molar-refractivity contribution >= 4 is 29.6 Å². The average molecular weight is 391 g/mol. The van der Waals surface area contributed by atoms with Crippen LogP contribution in [0.2, 0.25) is 5.02 Å². The van der Waals surface area contributed by atoms with Gasteiger partial charge in [-0.1, -0.05) is 11.6 Å². The summed E-state index contributed by atoms with van der Waals surface area (Å²) in [5.74, 6) is -1.13. The second-order valence-corrected chi connectivity index (χ2v) is 5.70. The summed E-state index contributed by atoms with van der Waals surface area (Å²) in [5, 5.41) is 14.2. The molecule has 0 aliphatic rings. The molecular formula is C19H17ClNO6-. The highest BCUT2D eigenvalue weighted by Crippen LogP contribution is 2.38. The van der Waals surface area contributed by atoms with Crippen LogP contribution in [-0.2, 0) is 4.79 Å². The van der Waals surface area contributed by atoms with Crippen LogP contribution < -0.4 is 24.6 Å². The number of carboxylic acid groups (broad SMARTS) is 1. The minimum atomic E-state index is -1.55. The zero-order valence-corrected chi connectivity index (χ0v) is 15.6. The Bertz CT molecular complexity index is 851. The van der Waals surface area contributed by atoms with Crippen molar-refractivity contribution in [3.8, 4) is 17.2 Å². The van der Waals surface area contributed by atoms with Gasteiger partial charge in [-0.15, -0.1) is 0 Å². The van der Waals surface area contributed by atoms with E-state index in [1.807, 2.05) is 0 Å². The number of nitrogens with one attached hydrogen (secondary N) is 1. The molecule has 0 radical (unpaired) electrons. The van der Waals surface area contributed by atoms with Gasteiger partial charge in [0.05, 0.1) is 33.0 Å². The van der Waals surface area contributed by atoms with Crippen molar-refractivity contribution in [1.82, 2.24) is 5.32 Å². The first-order valence-corrected chi connectivity index (χ1v) is 8.07. The molecule has 0 saturated heterocycles. The molecule has 2 aromatic rings. The Morgan fingerprint density at radius 2 is 1.56 bits per heavy atom. The van der Waals surface area contributed by atoms with Crippen molar-refractivity contribution in [1.29, 1.82) is 0 Å². The van der Waals surface area contributed by atoms with E-state index in [9.17, 15) is 14.7 Å². The van der Waals surface area contributed by atoms with Crippen LogP contribution in [0.5, 0.6) is 17.2 Å². The zero-order chi connectivity index (χ0) is 20.0. The molecule has 0 aliphatic carbocycles. The van der Waals surface area contributed by atoms with Crippen molar-refractivity contribution in [3.63, 3.8) is 0 Å². The minimum absolute atomic E-state index is 0.247. The zero-order valence-electron chi connectivity index (χ0n) is 14.9. The number of amides is 1. The summed E-state index contributed by atoms with van der Waals surface area (Å²) in [6.45, 7) is 0. The predicted octanol–water partition coefficient (Wildman–Crippen LogP) is 1.89. The first-order chi connectivity index (χ1) is 12.9. The smallest absolute Gasteiger partial charge is 0.255 e. The lowest BCUT2D eigenvalue weighted by Crippen LogP contribution is -2.35. The van der Waals surface area contributed by atoms with Crippen LogP contribution in [0, 0.1) is 0 Å². The Kier molecular flexibility index (Phi) is 6.67. The molecular weight excluding hydrogens is 374 g/mol. The van der Waals surface area contributed by atoms with Crippen LogP contribution in [0.1, 0.15) is 15.9 Å². The molecule has 0 atom stereocenters. The number of rotatable bonds is 7. The maximum atomic E-state index is 12.3. The van der Waals surface area contributed by atoms with Gasteiger partial charge < -0.3 is 29.4 Å². The van der Waals surface area contributed by atoms with E-state index < -0.39 is 17.6 Å². The fourth-order valence-electron chi connectivity index (χ4n) is 2.29. The van der Waals surface area contributed by atoms with E-state index >= 15 is 0 Å². The van der Waals surface area contributed by atoms with Crippen LogP contribution in [0.4, 0.5) is 0 Å². The Balaban J connectivity index is 2.38. The molecule has 0 spiro atoms. The number of halogens is 1. The lowest BCUT2D eigenvalue weighted by molar-refractivity contribution is -0.299. The van der Waals surface area contributed by atoms with E-state index in [4.69, 9.17) is 25.8 Å². The number of carbonyl (C=O) groups is 2. The van der Waals surface area contributed by atoms with Crippen LogP contribution in [0.3, 0.4) is 0 Å². The Labute approximate surface area is 161 Å². The van der Waals surface area contributed by atoms with E-state index in [-0.39, 0.29) is 5.56 Å². The summed E-state index contributed by atoms with van der Waals surface area (Å²) < 4.78 is 15.7. The van der Waals surface area contributed by atoms with Crippen LogP contribution in [0.15, 0.2) is 42.1 Å². The van der Waals surface area contributed by atoms with Crippen LogP contribution in [-0.4, -0.2) is 33.2 Å². The lowest BCUT2D eigenvalue weighted by Gasteiger charge is -2.15. The summed E-state index contributed by atoms with van der Waals surface area (Å²) in [6.07, 6.45) is 1.23. The van der Waals surface area contributed by atoms with E-state index in [0.29, 0.717) is 27.8 Å². The average Bonchev–Trinajstić information content (AvgIpc) is 2.66. The van der Waals surface area contributed by atoms with Gasteiger partial charge in [-0.05, 0) is 48.0 Å². The van der Waals surface area contributed by atoms with E-state index in [1.54, 1.807) is 12.1 Å². The van der Waals surface area contributed by atoms with Crippen molar-refractivity contribution in [2.24, 2.45) is 0 Å². The van der Waals surface area contributed by atoms with E-state index in [1.165, 1.54) is 51.7 Å². The molecule has 0 fully saturated rings. The summed E-state index contributed by atoms with van der Waals surface area (Å²) in [5.41, 5.74) is 0.223. The maximum absolute atomic E-state index is 12.3. The maximum Gasteiger partial charge on any atom is 0.255 e. The Hall–Kier alpha value is -3.19. The van der Waals surface area contributed by atoms with Crippen molar-refractivity contribution in [3.05, 3.63) is 58.2 Å². The number of carbonyl (C=O) groups excluding carboxylic acids is 2. The van der Waals surface area contributed by atoms with E-state index in [0.717, 1.165) is 0 Å². The molecule has 7 nitrogen and oxygen atoms in total. The molecule has 1 N–H and O–H groups in total. The molecule has 0 aromatic heterocycles. The van der Waals surface area contributed by atoms with Crippen molar-refractivity contribution < 1.29 is 28.9 Å². The number of aliphatic carboxylic acids is 1. The monoisotopic (exact) mass is 390 g/mol. The predicted molar refractivity (Wildman–Crippen MR) is 98.0 cm³/mol.